The van der Waals surface area contributed by atoms with Crippen LogP contribution >= 0.6 is 23.2 Å². The van der Waals surface area contributed by atoms with Gasteiger partial charge in [-0.1, -0.05) is 47.5 Å². The van der Waals surface area contributed by atoms with E-state index in [9.17, 15) is 9.90 Å². The van der Waals surface area contributed by atoms with E-state index in [4.69, 9.17) is 23.2 Å². The molecule has 0 fully saturated rings. The number of aliphatic imine (C=N–C) groups is 1. The fraction of sp³-hybridized carbons (Fsp3) is 0. The predicted octanol–water partition coefficient (Wildman–Crippen LogP) is 5.75. The maximum atomic E-state index is 13.0. The maximum absolute atomic E-state index is 13.0. The first-order valence-electron chi connectivity index (χ1n) is 8.47. The van der Waals surface area contributed by atoms with Crippen LogP contribution in [-0.2, 0) is 0 Å². The SMILES string of the molecule is O=c1c2ccccc2c(C=Nc2ccc(Cl)cc2)c(O)n1-c1cccc(Cl)c1. The van der Waals surface area contributed by atoms with E-state index in [2.05, 4.69) is 4.99 Å². The molecule has 0 aliphatic heterocycles. The van der Waals surface area contributed by atoms with Gasteiger partial charge in [0.1, 0.15) is 0 Å². The summed E-state index contributed by atoms with van der Waals surface area (Å²) in [4.78, 5) is 17.5. The van der Waals surface area contributed by atoms with Gasteiger partial charge >= 0.3 is 0 Å². The fourth-order valence-corrected chi connectivity index (χ4v) is 3.32. The van der Waals surface area contributed by atoms with Crippen LogP contribution in [0.15, 0.2) is 82.6 Å². The summed E-state index contributed by atoms with van der Waals surface area (Å²) in [5.74, 6) is -0.205. The quantitative estimate of drug-likeness (QED) is 0.438. The average molecular weight is 409 g/mol. The Morgan fingerprint density at radius 3 is 2.29 bits per heavy atom. The number of aromatic hydroxyl groups is 1. The molecule has 3 aromatic carbocycles. The molecule has 0 unspecified atom stereocenters. The summed E-state index contributed by atoms with van der Waals surface area (Å²) >= 11 is 12.0. The zero-order valence-electron chi connectivity index (χ0n) is 14.5. The number of fused-ring (bicyclic) bond motifs is 1. The molecular formula is C22H14Cl2N2O2. The van der Waals surface area contributed by atoms with Gasteiger partial charge in [0.2, 0.25) is 5.88 Å². The molecule has 4 aromatic rings. The van der Waals surface area contributed by atoms with Crippen LogP contribution in [0.3, 0.4) is 0 Å². The van der Waals surface area contributed by atoms with E-state index < -0.39 is 0 Å². The summed E-state index contributed by atoms with van der Waals surface area (Å²) in [5, 5.41) is 13.1. The highest BCUT2D eigenvalue weighted by Gasteiger charge is 2.16. The largest absolute Gasteiger partial charge is 0.494 e. The summed E-state index contributed by atoms with van der Waals surface area (Å²) in [6, 6.07) is 20.9. The number of rotatable bonds is 3. The second-order valence-corrected chi connectivity index (χ2v) is 7.01. The zero-order chi connectivity index (χ0) is 19.7. The van der Waals surface area contributed by atoms with Gasteiger partial charge in [-0.2, -0.15) is 0 Å². The molecule has 28 heavy (non-hydrogen) atoms. The van der Waals surface area contributed by atoms with Crippen molar-refractivity contribution in [3.8, 4) is 11.6 Å². The number of benzene rings is 3. The van der Waals surface area contributed by atoms with Gasteiger partial charge in [-0.3, -0.25) is 9.79 Å². The monoisotopic (exact) mass is 408 g/mol. The van der Waals surface area contributed by atoms with Gasteiger partial charge in [0.05, 0.1) is 16.9 Å². The zero-order valence-corrected chi connectivity index (χ0v) is 16.0. The fourth-order valence-electron chi connectivity index (χ4n) is 3.01. The van der Waals surface area contributed by atoms with Gasteiger partial charge in [-0.05, 0) is 48.5 Å². The Hall–Kier alpha value is -3.08. The van der Waals surface area contributed by atoms with E-state index in [1.165, 1.54) is 4.57 Å². The van der Waals surface area contributed by atoms with Crippen molar-refractivity contribution >= 4 is 45.9 Å². The lowest BCUT2D eigenvalue weighted by Crippen LogP contribution is -2.20. The molecule has 0 saturated carbocycles. The van der Waals surface area contributed by atoms with E-state index in [1.807, 2.05) is 6.07 Å². The Balaban J connectivity index is 1.97. The molecule has 0 radical (unpaired) electrons. The van der Waals surface area contributed by atoms with Gasteiger partial charge < -0.3 is 5.11 Å². The number of aromatic nitrogens is 1. The molecule has 1 heterocycles. The minimum Gasteiger partial charge on any atom is -0.494 e. The standard InChI is InChI=1S/C22H14Cl2N2O2/c23-14-8-10-16(11-9-14)25-13-20-18-6-1-2-7-19(18)21(27)26(22(20)28)17-5-3-4-15(24)12-17/h1-13,28H. The predicted molar refractivity (Wildman–Crippen MR) is 115 cm³/mol. The van der Waals surface area contributed by atoms with E-state index in [-0.39, 0.29) is 11.4 Å². The Morgan fingerprint density at radius 1 is 0.857 bits per heavy atom. The van der Waals surface area contributed by atoms with Crippen LogP contribution in [0.1, 0.15) is 5.56 Å². The number of hydrogen-bond acceptors (Lipinski definition) is 3. The molecule has 6 heteroatoms. The maximum Gasteiger partial charge on any atom is 0.265 e. The van der Waals surface area contributed by atoms with Crippen molar-refractivity contribution in [3.05, 3.63) is 98.8 Å². The molecule has 0 atom stereocenters. The Bertz CT molecular complexity index is 1260. The first-order chi connectivity index (χ1) is 13.5. The summed E-state index contributed by atoms with van der Waals surface area (Å²) in [7, 11) is 0. The summed E-state index contributed by atoms with van der Waals surface area (Å²) in [5.41, 5.74) is 1.25. The van der Waals surface area contributed by atoms with E-state index in [0.29, 0.717) is 37.8 Å². The number of hydrogen-bond donors (Lipinski definition) is 1. The van der Waals surface area contributed by atoms with Crippen LogP contribution in [0, 0.1) is 0 Å². The summed E-state index contributed by atoms with van der Waals surface area (Å²) < 4.78 is 1.23. The minimum absolute atomic E-state index is 0.205. The van der Waals surface area contributed by atoms with Crippen LogP contribution in [0.25, 0.3) is 16.5 Å². The van der Waals surface area contributed by atoms with Crippen molar-refractivity contribution in [2.24, 2.45) is 4.99 Å². The van der Waals surface area contributed by atoms with Gasteiger partial charge in [-0.15, -0.1) is 0 Å². The van der Waals surface area contributed by atoms with Crippen LogP contribution in [-0.4, -0.2) is 15.9 Å². The molecule has 0 aliphatic carbocycles. The minimum atomic E-state index is -0.334. The first-order valence-corrected chi connectivity index (χ1v) is 9.22. The third kappa shape index (κ3) is 3.40. The van der Waals surface area contributed by atoms with Gasteiger partial charge in [0, 0.05) is 27.0 Å². The Labute approximate surface area is 170 Å². The number of pyridine rings is 1. The molecule has 4 rings (SSSR count). The van der Waals surface area contributed by atoms with Gasteiger partial charge in [0.15, 0.2) is 0 Å². The molecule has 138 valence electrons. The molecule has 4 nitrogen and oxygen atoms in total. The first kappa shape index (κ1) is 18.3. The smallest absolute Gasteiger partial charge is 0.265 e. The highest BCUT2D eigenvalue weighted by Crippen LogP contribution is 2.27. The number of nitrogens with zero attached hydrogens (tertiary/aromatic N) is 2. The Kier molecular flexibility index (Phi) is 4.90. The second-order valence-electron chi connectivity index (χ2n) is 6.14. The third-order valence-electron chi connectivity index (χ3n) is 4.34. The number of halogens is 2. The molecule has 0 aliphatic rings. The highest BCUT2D eigenvalue weighted by atomic mass is 35.5. The molecular weight excluding hydrogens is 395 g/mol. The van der Waals surface area contributed by atoms with Crippen LogP contribution in [0.4, 0.5) is 5.69 Å². The third-order valence-corrected chi connectivity index (χ3v) is 4.83. The molecule has 0 bridgehead atoms. The van der Waals surface area contributed by atoms with E-state index >= 15 is 0 Å². The molecule has 0 spiro atoms. The molecule has 0 saturated heterocycles. The van der Waals surface area contributed by atoms with Crippen molar-refractivity contribution < 1.29 is 5.11 Å². The van der Waals surface area contributed by atoms with E-state index in [0.717, 1.165) is 0 Å². The van der Waals surface area contributed by atoms with Crippen LogP contribution in [0.2, 0.25) is 10.0 Å². The lowest BCUT2D eigenvalue weighted by atomic mass is 10.1. The molecule has 1 aromatic heterocycles. The summed E-state index contributed by atoms with van der Waals surface area (Å²) in [6.07, 6.45) is 1.54. The average Bonchev–Trinajstić information content (AvgIpc) is 2.69. The van der Waals surface area contributed by atoms with Crippen molar-refractivity contribution in [1.82, 2.24) is 4.57 Å². The van der Waals surface area contributed by atoms with Crippen molar-refractivity contribution in [3.63, 3.8) is 0 Å². The van der Waals surface area contributed by atoms with Crippen molar-refractivity contribution in [2.45, 2.75) is 0 Å². The lowest BCUT2D eigenvalue weighted by molar-refractivity contribution is 0.436. The van der Waals surface area contributed by atoms with Gasteiger partial charge in [0.25, 0.3) is 5.56 Å². The van der Waals surface area contributed by atoms with Gasteiger partial charge in [-0.25, -0.2) is 4.57 Å². The lowest BCUT2D eigenvalue weighted by Gasteiger charge is -2.14. The van der Waals surface area contributed by atoms with Crippen molar-refractivity contribution in [1.29, 1.82) is 0 Å². The van der Waals surface area contributed by atoms with Crippen LogP contribution < -0.4 is 5.56 Å². The molecule has 0 amide bonds. The summed E-state index contributed by atoms with van der Waals surface area (Å²) in [6.45, 7) is 0. The second kappa shape index (κ2) is 7.50. The normalized spacial score (nSPS) is 11.4. The highest BCUT2D eigenvalue weighted by molar-refractivity contribution is 6.31. The van der Waals surface area contributed by atoms with Crippen molar-refractivity contribution in [2.75, 3.05) is 0 Å². The Morgan fingerprint density at radius 2 is 1.57 bits per heavy atom. The van der Waals surface area contributed by atoms with E-state index in [1.54, 1.807) is 72.9 Å². The molecule has 1 N–H and O–H groups in total. The topological polar surface area (TPSA) is 54.6 Å². The van der Waals surface area contributed by atoms with Crippen LogP contribution in [0.5, 0.6) is 5.88 Å².